The number of rotatable bonds is 3. The van der Waals surface area contributed by atoms with Crippen molar-refractivity contribution in [2.24, 2.45) is 11.8 Å². The smallest absolute Gasteiger partial charge is 0.386 e. The van der Waals surface area contributed by atoms with E-state index in [-0.39, 0.29) is 36.0 Å². The Morgan fingerprint density at radius 2 is 1.67 bits per heavy atom. The lowest BCUT2D eigenvalue weighted by atomic mass is 9.99. The third-order valence-electron chi connectivity index (χ3n) is 8.28. The third-order valence-corrected chi connectivity index (χ3v) is 11.5. The minimum absolute atomic E-state index is 0.0187. The number of thiol groups is 2. The van der Waals surface area contributed by atoms with E-state index in [4.69, 9.17) is 34.3 Å². The number of ether oxygens (including phenoxy) is 1. The molecular formula is C22H28N10O10P2S2. The molecule has 24 heteroatoms. The monoisotopic (exact) mass is 718 g/mol. The Balaban J connectivity index is 1.22. The number of nitrogens with two attached hydrogens (primary N) is 2. The van der Waals surface area contributed by atoms with Gasteiger partial charge >= 0.3 is 13.6 Å². The van der Waals surface area contributed by atoms with Crippen LogP contribution < -0.4 is 17.0 Å². The summed E-state index contributed by atoms with van der Waals surface area (Å²) in [7, 11) is 0. The molecule has 0 radical (unpaired) electrons. The number of imidazole rings is 2. The van der Waals surface area contributed by atoms with Crippen LogP contribution in [0.3, 0.4) is 0 Å². The Kier molecular flexibility index (Phi) is 8.21. The van der Waals surface area contributed by atoms with Gasteiger partial charge < -0.3 is 35.5 Å². The summed E-state index contributed by atoms with van der Waals surface area (Å²) in [6, 6.07) is -0.723. The summed E-state index contributed by atoms with van der Waals surface area (Å²) < 4.78 is 59.4. The molecule has 2 aliphatic heterocycles. The van der Waals surface area contributed by atoms with Crippen molar-refractivity contribution in [1.29, 1.82) is 0 Å². The summed E-state index contributed by atoms with van der Waals surface area (Å²) >= 11 is 8.35. The fraction of sp³-hybridized carbons (Fsp3) is 0.545. The number of hydrogen-bond donors (Lipinski definition) is 7. The first kappa shape index (κ1) is 32.0. The number of nitrogens with one attached hydrogen (secondary N) is 1. The quantitative estimate of drug-likeness (QED) is 0.112. The number of anilines is 2. The van der Waals surface area contributed by atoms with Crippen molar-refractivity contribution < 1.29 is 42.2 Å². The van der Waals surface area contributed by atoms with Crippen molar-refractivity contribution in [3.8, 4) is 0 Å². The van der Waals surface area contributed by atoms with Gasteiger partial charge in [0.25, 0.3) is 5.56 Å². The molecule has 1 saturated carbocycles. The Morgan fingerprint density at radius 3 is 2.43 bits per heavy atom. The molecule has 6 heterocycles. The van der Waals surface area contributed by atoms with E-state index in [9.17, 15) is 24.1 Å². The summed E-state index contributed by atoms with van der Waals surface area (Å²) in [5.41, 5.74) is 11.7. The molecule has 7 rings (SSSR count). The summed E-state index contributed by atoms with van der Waals surface area (Å²) in [6.07, 6.45) is -1.89. The maximum absolute atomic E-state index is 13.7. The van der Waals surface area contributed by atoms with E-state index in [2.05, 4.69) is 54.4 Å². The van der Waals surface area contributed by atoms with Crippen molar-refractivity contribution in [3.05, 3.63) is 29.3 Å². The van der Waals surface area contributed by atoms with Crippen LogP contribution in [0.5, 0.6) is 0 Å². The second-order valence-electron chi connectivity index (χ2n) is 11.0. The molecule has 2 saturated heterocycles. The first-order valence-corrected chi connectivity index (χ1v) is 19.2. The van der Waals surface area contributed by atoms with Crippen molar-refractivity contribution in [2.45, 2.75) is 43.1 Å². The van der Waals surface area contributed by atoms with Gasteiger partial charge in [0.2, 0.25) is 5.95 Å². The molecule has 4 aromatic heterocycles. The van der Waals surface area contributed by atoms with Crippen molar-refractivity contribution >= 4 is 72.2 Å². The predicted octanol–water partition coefficient (Wildman–Crippen LogP) is 0.445. The van der Waals surface area contributed by atoms with Gasteiger partial charge in [0, 0.05) is 11.8 Å². The van der Waals surface area contributed by atoms with E-state index in [1.165, 1.54) is 23.5 Å². The van der Waals surface area contributed by atoms with Gasteiger partial charge in [-0.3, -0.25) is 27.9 Å². The molecule has 0 amide bonds. The largest absolute Gasteiger partial charge is 0.396 e. The maximum atomic E-state index is 13.7. The minimum atomic E-state index is -4.26. The van der Waals surface area contributed by atoms with E-state index in [0.29, 0.717) is 11.2 Å². The SMILES string of the molecule is Nc1nc2c(ncn2[C@@H]2O[C@@H]3CO[P@@](=O)(S)O[C@@H]4[C@@H](CO[P@](=O)(S)O[C@@H]2[C@@H]3CO)C[C@@H](n2cnc3c(N)ncnc32)[C@@H]4O)c(=O)[nH]1. The number of fused-ring (bicyclic) bond motifs is 5. The van der Waals surface area contributed by atoms with Gasteiger partial charge in [-0.2, -0.15) is 4.98 Å². The number of H-pyrrole nitrogens is 1. The zero-order valence-corrected chi connectivity index (χ0v) is 27.0. The molecule has 2 bridgehead atoms. The lowest BCUT2D eigenvalue weighted by molar-refractivity contribution is -0.0501. The van der Waals surface area contributed by atoms with Crippen molar-refractivity contribution in [2.75, 3.05) is 31.3 Å². The van der Waals surface area contributed by atoms with Crippen LogP contribution in [0.25, 0.3) is 22.3 Å². The molecule has 4 aromatic rings. The zero-order valence-electron chi connectivity index (χ0n) is 23.4. The lowest BCUT2D eigenvalue weighted by Gasteiger charge is -2.28. The number of nitrogens with zero attached hydrogens (tertiary/aromatic N) is 7. The fourth-order valence-corrected chi connectivity index (χ4v) is 9.22. The number of aliphatic hydroxyl groups excluding tert-OH is 2. The van der Waals surface area contributed by atoms with Crippen LogP contribution in [-0.4, -0.2) is 93.5 Å². The van der Waals surface area contributed by atoms with Crippen LogP contribution in [0.2, 0.25) is 0 Å². The Hall–Kier alpha value is -2.62. The summed E-state index contributed by atoms with van der Waals surface area (Å²) in [4.78, 5) is 35.4. The zero-order chi connectivity index (χ0) is 32.5. The number of nitrogen functional groups attached to an aromatic ring is 2. The molecule has 3 fully saturated rings. The Labute approximate surface area is 268 Å². The average molecular weight is 719 g/mol. The number of aromatic nitrogens is 8. The van der Waals surface area contributed by atoms with Gasteiger partial charge in [-0.25, -0.2) is 29.1 Å². The van der Waals surface area contributed by atoms with Crippen LogP contribution in [0.4, 0.5) is 11.8 Å². The highest BCUT2D eigenvalue weighted by molar-refractivity contribution is 8.44. The van der Waals surface area contributed by atoms with E-state index in [0.717, 1.165) is 0 Å². The first-order valence-electron chi connectivity index (χ1n) is 13.8. The molecule has 20 nitrogen and oxygen atoms in total. The van der Waals surface area contributed by atoms with Gasteiger partial charge in [0.1, 0.15) is 30.2 Å². The van der Waals surface area contributed by atoms with Crippen molar-refractivity contribution in [3.63, 3.8) is 0 Å². The molecule has 10 atom stereocenters. The molecule has 7 N–H and O–H groups in total. The van der Waals surface area contributed by atoms with Gasteiger partial charge in [-0.05, 0) is 6.42 Å². The standard InChI is InChI=1S/C22H28N10O10P2S2/c23-17-12-18(26-5-25-17)31(6-27-12)10-1-8-3-38-43(36,45)42-16-9(2-33)11(4-39-44(37,46)41-15(8)14(10)34)40-21(16)32-7-28-13-19(32)29-22(24)30-20(13)35/h5-11,14-16,21,33-34H,1-4H2,(H,36,45)(H,37,46)(H2,23,25,26)(H3,24,29,30,35)/t8-,9-,10-,11-,14+,15-,16-,21-,43+,44-/m1/s1. The molecule has 0 aromatic carbocycles. The summed E-state index contributed by atoms with van der Waals surface area (Å²) in [6.45, 7) is -9.84. The molecule has 46 heavy (non-hydrogen) atoms. The second kappa shape index (κ2) is 11.8. The van der Waals surface area contributed by atoms with Crippen LogP contribution in [0, 0.1) is 11.8 Å². The first-order chi connectivity index (χ1) is 21.9. The van der Waals surface area contributed by atoms with Crippen LogP contribution in [-0.2, 0) is 32.0 Å². The van der Waals surface area contributed by atoms with E-state index < -0.39 is 80.9 Å². The highest BCUT2D eigenvalue weighted by Crippen LogP contribution is 2.61. The van der Waals surface area contributed by atoms with Crippen LogP contribution >= 0.6 is 38.1 Å². The summed E-state index contributed by atoms with van der Waals surface area (Å²) in [5.74, 6) is -1.73. The van der Waals surface area contributed by atoms with E-state index in [1.807, 2.05) is 0 Å². The Morgan fingerprint density at radius 1 is 0.978 bits per heavy atom. The van der Waals surface area contributed by atoms with E-state index in [1.54, 1.807) is 4.57 Å². The van der Waals surface area contributed by atoms with Gasteiger partial charge in [-0.1, -0.05) is 24.5 Å². The predicted molar refractivity (Wildman–Crippen MR) is 165 cm³/mol. The summed E-state index contributed by atoms with van der Waals surface area (Å²) in [5, 5.41) is 21.8. The van der Waals surface area contributed by atoms with Gasteiger partial charge in [0.05, 0.1) is 44.6 Å². The van der Waals surface area contributed by atoms with Crippen LogP contribution in [0.15, 0.2) is 23.8 Å². The molecular weight excluding hydrogens is 690 g/mol. The molecule has 0 unspecified atom stereocenters. The molecule has 3 aliphatic rings. The number of aromatic amines is 1. The topological polar surface area (TPSA) is 280 Å². The minimum Gasteiger partial charge on any atom is -0.396 e. The number of aliphatic hydroxyl groups is 2. The number of hydrogen-bond acceptors (Lipinski definition) is 17. The fourth-order valence-electron chi connectivity index (χ4n) is 6.16. The molecule has 1 aliphatic carbocycles. The van der Waals surface area contributed by atoms with Crippen LogP contribution in [0.1, 0.15) is 18.7 Å². The average Bonchev–Trinajstić information content (AvgIpc) is 3.75. The van der Waals surface area contributed by atoms with Crippen molar-refractivity contribution in [1.82, 2.24) is 39.0 Å². The van der Waals surface area contributed by atoms with Gasteiger partial charge in [0.15, 0.2) is 28.9 Å². The molecule has 0 spiro atoms. The van der Waals surface area contributed by atoms with Gasteiger partial charge in [-0.15, -0.1) is 0 Å². The maximum Gasteiger partial charge on any atom is 0.386 e. The lowest BCUT2D eigenvalue weighted by Crippen LogP contribution is -2.33. The second-order valence-corrected chi connectivity index (χ2v) is 16.7. The third kappa shape index (κ3) is 5.64. The van der Waals surface area contributed by atoms with E-state index >= 15 is 0 Å². The molecule has 248 valence electrons. The highest BCUT2D eigenvalue weighted by Gasteiger charge is 2.52. The highest BCUT2D eigenvalue weighted by atomic mass is 32.7. The Bertz CT molecular complexity index is 1960. The normalized spacial score (nSPS) is 37.1.